The molecule has 1 aromatic heterocycles. The highest BCUT2D eigenvalue weighted by molar-refractivity contribution is 6.04. The van der Waals surface area contributed by atoms with Gasteiger partial charge >= 0.3 is 12.1 Å². The van der Waals surface area contributed by atoms with Gasteiger partial charge in [0.05, 0.1) is 34.7 Å². The normalized spacial score (nSPS) is 18.0. The van der Waals surface area contributed by atoms with Crippen LogP contribution in [0.1, 0.15) is 36.6 Å². The topological polar surface area (TPSA) is 87.0 Å². The van der Waals surface area contributed by atoms with Crippen molar-refractivity contribution in [2.24, 2.45) is 7.05 Å². The van der Waals surface area contributed by atoms with Crippen LogP contribution in [0.2, 0.25) is 0 Å². The van der Waals surface area contributed by atoms with E-state index in [1.807, 2.05) is 36.4 Å². The molecule has 1 aliphatic rings. The molecule has 10 heteroatoms. The maximum atomic E-state index is 14.0. The van der Waals surface area contributed by atoms with Crippen LogP contribution >= 0.6 is 0 Å². The fourth-order valence-corrected chi connectivity index (χ4v) is 5.91. The molecule has 5 aromatic rings. The predicted molar refractivity (Wildman–Crippen MR) is 161 cm³/mol. The second-order valence-electron chi connectivity index (χ2n) is 11.3. The number of pyridine rings is 1. The lowest BCUT2D eigenvalue weighted by molar-refractivity contribution is -0.171. The number of methoxy groups -OCH3 is 1. The van der Waals surface area contributed by atoms with Gasteiger partial charge in [-0.2, -0.15) is 13.2 Å². The third-order valence-corrected chi connectivity index (χ3v) is 8.03. The number of alkyl halides is 3. The van der Waals surface area contributed by atoms with Crippen molar-refractivity contribution in [3.63, 3.8) is 0 Å². The number of hydrogen-bond acceptors (Lipinski definition) is 6. The fourth-order valence-electron chi connectivity index (χ4n) is 5.91. The number of nitrogens with zero attached hydrogens (tertiary/aromatic N) is 1. The molecule has 7 nitrogen and oxygen atoms in total. The van der Waals surface area contributed by atoms with Crippen molar-refractivity contribution in [1.82, 2.24) is 4.57 Å². The van der Waals surface area contributed by atoms with Gasteiger partial charge in [-0.3, -0.25) is 4.79 Å². The summed E-state index contributed by atoms with van der Waals surface area (Å²) in [7, 11) is 3.21. The van der Waals surface area contributed by atoms with Crippen LogP contribution in [0.5, 0.6) is 11.5 Å². The van der Waals surface area contributed by atoms with Crippen molar-refractivity contribution < 1.29 is 37.3 Å². The molecule has 1 N–H and O–H groups in total. The molecule has 226 valence electrons. The Hall–Kier alpha value is -4.83. The first-order chi connectivity index (χ1) is 20.8. The van der Waals surface area contributed by atoms with E-state index < -0.39 is 35.5 Å². The van der Waals surface area contributed by atoms with Crippen LogP contribution in [0.15, 0.2) is 77.6 Å². The number of fused-ring (bicyclic) bond motifs is 5. The van der Waals surface area contributed by atoms with Crippen LogP contribution in [0, 0.1) is 0 Å². The van der Waals surface area contributed by atoms with E-state index in [1.54, 1.807) is 31.5 Å². The van der Waals surface area contributed by atoms with Gasteiger partial charge in [-0.1, -0.05) is 36.4 Å². The van der Waals surface area contributed by atoms with Crippen molar-refractivity contribution >= 4 is 44.6 Å². The third kappa shape index (κ3) is 4.85. The average Bonchev–Trinajstić information content (AvgIpc) is 2.98. The summed E-state index contributed by atoms with van der Waals surface area (Å²) in [6.07, 6.45) is -5.01. The van der Waals surface area contributed by atoms with Crippen molar-refractivity contribution in [2.75, 3.05) is 7.11 Å². The van der Waals surface area contributed by atoms with Crippen molar-refractivity contribution in [3.05, 3.63) is 99.7 Å². The van der Waals surface area contributed by atoms with E-state index in [0.29, 0.717) is 16.4 Å². The molecular weight excluding hydrogens is 575 g/mol. The molecule has 44 heavy (non-hydrogen) atoms. The summed E-state index contributed by atoms with van der Waals surface area (Å²) in [6, 6.07) is 17.4. The van der Waals surface area contributed by atoms with Gasteiger partial charge in [0.15, 0.2) is 6.10 Å². The molecular formula is C34H28F3NO6. The predicted octanol–water partition coefficient (Wildman–Crippen LogP) is 6.70. The standard InChI is InChI=1S/C34H28F3NO6/c1-33(2)32(43-26(39)13-12-18-8-7-11-21(14-18)34(35,36)37)31(41)28-25(44-33)17-24(42-4)27-29(28)38(3)23-16-20-10-6-5-9-19(20)15-22(23)30(27)40/h5-17,31-32,41H,1-4H3/t31-,32-/m0/s1. The zero-order chi connectivity index (χ0) is 31.6. The van der Waals surface area contributed by atoms with Crippen LogP contribution in [0.4, 0.5) is 13.2 Å². The lowest BCUT2D eigenvalue weighted by Gasteiger charge is -2.42. The summed E-state index contributed by atoms with van der Waals surface area (Å²) in [5.74, 6) is -0.374. The summed E-state index contributed by atoms with van der Waals surface area (Å²) in [5.41, 5.74) is -1.02. The number of carbonyl (C=O) groups is 1. The minimum atomic E-state index is -4.53. The zero-order valence-electron chi connectivity index (χ0n) is 24.2. The van der Waals surface area contributed by atoms with Crippen molar-refractivity contribution in [2.45, 2.75) is 37.8 Å². The summed E-state index contributed by atoms with van der Waals surface area (Å²) in [5, 5.41) is 14.3. The minimum absolute atomic E-state index is 0.148. The second-order valence-corrected chi connectivity index (χ2v) is 11.3. The number of aryl methyl sites for hydroxylation is 1. The van der Waals surface area contributed by atoms with Crippen LogP contribution < -0.4 is 14.9 Å². The Morgan fingerprint density at radius 2 is 1.75 bits per heavy atom. The molecule has 0 fully saturated rings. The van der Waals surface area contributed by atoms with Gasteiger partial charge in [0.1, 0.15) is 23.2 Å². The van der Waals surface area contributed by atoms with Crippen LogP contribution in [0.25, 0.3) is 38.7 Å². The van der Waals surface area contributed by atoms with E-state index in [9.17, 15) is 27.9 Å². The number of carbonyl (C=O) groups excluding carboxylic acids is 1. The Morgan fingerprint density at radius 1 is 1.05 bits per heavy atom. The molecule has 0 bridgehead atoms. The third-order valence-electron chi connectivity index (χ3n) is 8.03. The van der Waals surface area contributed by atoms with Crippen LogP contribution in [-0.4, -0.2) is 34.5 Å². The van der Waals surface area contributed by atoms with E-state index in [1.165, 1.54) is 25.3 Å². The van der Waals surface area contributed by atoms with Gasteiger partial charge < -0.3 is 23.9 Å². The number of halogens is 3. The number of aliphatic hydroxyl groups is 1. The quantitative estimate of drug-likeness (QED) is 0.140. The average molecular weight is 604 g/mol. The monoisotopic (exact) mass is 603 g/mol. The summed E-state index contributed by atoms with van der Waals surface area (Å²) in [4.78, 5) is 26.9. The first-order valence-electron chi connectivity index (χ1n) is 13.8. The first kappa shape index (κ1) is 29.3. The Bertz CT molecular complexity index is 2060. The van der Waals surface area contributed by atoms with E-state index in [-0.39, 0.29) is 33.4 Å². The number of aromatic nitrogens is 1. The molecule has 0 radical (unpaired) electrons. The van der Waals surface area contributed by atoms with Crippen molar-refractivity contribution in [3.8, 4) is 11.5 Å². The number of rotatable bonds is 4. The highest BCUT2D eigenvalue weighted by atomic mass is 19.4. The number of esters is 1. The maximum absolute atomic E-state index is 14.0. The molecule has 6 rings (SSSR count). The molecule has 0 aliphatic carbocycles. The van der Waals surface area contributed by atoms with Gasteiger partial charge in [-0.05, 0) is 60.5 Å². The molecule has 4 aromatic carbocycles. The van der Waals surface area contributed by atoms with Gasteiger partial charge in [0.2, 0.25) is 5.43 Å². The fraction of sp³-hybridized carbons (Fsp3) is 0.235. The van der Waals surface area contributed by atoms with E-state index in [4.69, 9.17) is 14.2 Å². The van der Waals surface area contributed by atoms with Crippen molar-refractivity contribution in [1.29, 1.82) is 0 Å². The smallest absolute Gasteiger partial charge is 0.416 e. The van der Waals surface area contributed by atoms with Gasteiger partial charge in [0, 0.05) is 24.6 Å². The molecule has 0 unspecified atom stereocenters. The first-order valence-corrected chi connectivity index (χ1v) is 13.8. The highest BCUT2D eigenvalue weighted by Gasteiger charge is 2.47. The molecule has 2 atom stereocenters. The Balaban J connectivity index is 1.45. The summed E-state index contributed by atoms with van der Waals surface area (Å²) in [6.45, 7) is 3.27. The Labute approximate surface area is 249 Å². The molecule has 0 saturated carbocycles. The number of benzene rings is 4. The minimum Gasteiger partial charge on any atom is -0.496 e. The largest absolute Gasteiger partial charge is 0.496 e. The SMILES string of the molecule is COc1cc2c(c3c1c(=O)c1cc4ccccc4cc1n3C)[C@H](O)[C@H](OC(=O)C=Cc1cccc(C(F)(F)F)c1)C(C)(C)O2. The molecule has 1 aliphatic heterocycles. The van der Waals surface area contributed by atoms with Gasteiger partial charge in [-0.25, -0.2) is 4.79 Å². The maximum Gasteiger partial charge on any atom is 0.416 e. The number of aliphatic hydroxyl groups excluding tert-OH is 1. The van der Waals surface area contributed by atoms with E-state index in [0.717, 1.165) is 29.0 Å². The Morgan fingerprint density at radius 3 is 2.43 bits per heavy atom. The van der Waals surface area contributed by atoms with Crippen LogP contribution in [0.3, 0.4) is 0 Å². The van der Waals surface area contributed by atoms with E-state index in [2.05, 4.69) is 0 Å². The number of ether oxygens (including phenoxy) is 3. The molecule has 2 heterocycles. The number of hydrogen-bond donors (Lipinski definition) is 1. The summed E-state index contributed by atoms with van der Waals surface area (Å²) >= 11 is 0. The van der Waals surface area contributed by atoms with E-state index >= 15 is 0 Å². The Kier molecular flexibility index (Phi) is 6.92. The molecule has 0 saturated heterocycles. The van der Waals surface area contributed by atoms with Gasteiger partial charge in [0.25, 0.3) is 0 Å². The second kappa shape index (κ2) is 10.4. The zero-order valence-corrected chi connectivity index (χ0v) is 24.2. The summed E-state index contributed by atoms with van der Waals surface area (Å²) < 4.78 is 58.7. The molecule has 0 spiro atoms. The highest BCUT2D eigenvalue weighted by Crippen LogP contribution is 2.47. The van der Waals surface area contributed by atoms with Crippen LogP contribution in [-0.2, 0) is 22.8 Å². The lowest BCUT2D eigenvalue weighted by Crippen LogP contribution is -2.51. The van der Waals surface area contributed by atoms with Gasteiger partial charge in [-0.15, -0.1) is 0 Å². The molecule has 0 amide bonds. The lowest BCUT2D eigenvalue weighted by atomic mass is 9.86.